The first-order valence-corrected chi connectivity index (χ1v) is 9.78. The van der Waals surface area contributed by atoms with Crippen molar-refractivity contribution in [3.8, 4) is 11.3 Å². The molecular formula is C21H21ClN6O. The van der Waals surface area contributed by atoms with Crippen molar-refractivity contribution in [3.05, 3.63) is 60.0 Å². The van der Waals surface area contributed by atoms with E-state index in [0.717, 1.165) is 23.5 Å². The number of hydrogen-bond acceptors (Lipinski definition) is 5. The van der Waals surface area contributed by atoms with Crippen LogP contribution >= 0.6 is 11.6 Å². The van der Waals surface area contributed by atoms with Gasteiger partial charge in [-0.05, 0) is 37.1 Å². The molecule has 3 heterocycles. The maximum absolute atomic E-state index is 13.2. The summed E-state index contributed by atoms with van der Waals surface area (Å²) in [6.45, 7) is 4.86. The molecule has 0 radical (unpaired) electrons. The second-order valence-electron chi connectivity index (χ2n) is 7.07. The molecular weight excluding hydrogens is 388 g/mol. The van der Waals surface area contributed by atoms with Crippen molar-refractivity contribution in [2.45, 2.75) is 19.9 Å². The van der Waals surface area contributed by atoms with Crippen molar-refractivity contribution in [3.63, 3.8) is 0 Å². The summed E-state index contributed by atoms with van der Waals surface area (Å²) in [5, 5.41) is 6.87. The minimum Gasteiger partial charge on any atom is -0.382 e. The van der Waals surface area contributed by atoms with Crippen molar-refractivity contribution >= 4 is 35.0 Å². The largest absolute Gasteiger partial charge is 0.382 e. The van der Waals surface area contributed by atoms with Crippen LogP contribution in [0.25, 0.3) is 11.3 Å². The van der Waals surface area contributed by atoms with Crippen molar-refractivity contribution in [2.75, 3.05) is 22.1 Å². The molecule has 29 heavy (non-hydrogen) atoms. The summed E-state index contributed by atoms with van der Waals surface area (Å²) in [4.78, 5) is 27.8. The van der Waals surface area contributed by atoms with E-state index in [0.29, 0.717) is 16.7 Å². The van der Waals surface area contributed by atoms with Gasteiger partial charge in [0.25, 0.3) is 0 Å². The first-order chi connectivity index (χ1) is 14.0. The fourth-order valence-corrected chi connectivity index (χ4v) is 3.47. The number of nitrogens with one attached hydrogen (secondary N) is 2. The van der Waals surface area contributed by atoms with Crippen LogP contribution < -0.4 is 15.5 Å². The second-order valence-corrected chi connectivity index (χ2v) is 7.50. The predicted molar refractivity (Wildman–Crippen MR) is 115 cm³/mol. The number of urea groups is 1. The van der Waals surface area contributed by atoms with Gasteiger partial charge in [0, 0.05) is 35.6 Å². The molecule has 0 aliphatic carbocycles. The molecule has 1 aromatic carbocycles. The molecule has 2 amide bonds. The summed E-state index contributed by atoms with van der Waals surface area (Å²) in [6, 6.07) is 11.0. The van der Waals surface area contributed by atoms with Gasteiger partial charge in [-0.15, -0.1) is 0 Å². The Morgan fingerprint density at radius 2 is 2.10 bits per heavy atom. The Labute approximate surface area is 174 Å². The number of nitrogens with zero attached hydrogens (tertiary/aromatic N) is 4. The number of rotatable bonds is 2. The van der Waals surface area contributed by atoms with Crippen LogP contribution in [0.15, 0.2) is 55.0 Å². The van der Waals surface area contributed by atoms with E-state index in [1.54, 1.807) is 11.1 Å². The molecule has 0 unspecified atom stereocenters. The zero-order valence-electron chi connectivity index (χ0n) is 16.1. The van der Waals surface area contributed by atoms with E-state index in [1.165, 1.54) is 12.4 Å². The zero-order chi connectivity index (χ0) is 20.4. The van der Waals surface area contributed by atoms with E-state index in [4.69, 9.17) is 16.6 Å². The molecule has 0 spiro atoms. The third-order valence-electron chi connectivity index (χ3n) is 5.09. The van der Waals surface area contributed by atoms with Crippen molar-refractivity contribution in [1.82, 2.24) is 15.0 Å². The maximum Gasteiger partial charge on any atom is 0.329 e. The normalized spacial score (nSPS) is 18.4. The number of carbonyl (C=O) groups excluding carboxylic acids is 1. The van der Waals surface area contributed by atoms with Gasteiger partial charge >= 0.3 is 6.03 Å². The van der Waals surface area contributed by atoms with Gasteiger partial charge in [0.15, 0.2) is 11.6 Å². The number of benzene rings is 1. The summed E-state index contributed by atoms with van der Waals surface area (Å²) in [7, 11) is 0. The highest BCUT2D eigenvalue weighted by Crippen LogP contribution is 2.34. The summed E-state index contributed by atoms with van der Waals surface area (Å²) >= 11 is 6.15. The van der Waals surface area contributed by atoms with Gasteiger partial charge in [-0.1, -0.05) is 30.7 Å². The van der Waals surface area contributed by atoms with E-state index in [1.807, 2.05) is 43.3 Å². The third kappa shape index (κ3) is 4.00. The minimum atomic E-state index is -0.300. The molecule has 2 aromatic heterocycles. The molecule has 4 rings (SSSR count). The number of aromatic nitrogens is 3. The molecule has 2 N–H and O–H groups in total. The summed E-state index contributed by atoms with van der Waals surface area (Å²) < 4.78 is 0. The highest BCUT2D eigenvalue weighted by atomic mass is 35.5. The van der Waals surface area contributed by atoms with Gasteiger partial charge in [0.2, 0.25) is 0 Å². The lowest BCUT2D eigenvalue weighted by Crippen LogP contribution is -2.45. The van der Waals surface area contributed by atoms with Crippen LogP contribution in [0.5, 0.6) is 0 Å². The molecule has 0 bridgehead atoms. The second kappa shape index (κ2) is 8.05. The highest BCUT2D eigenvalue weighted by molar-refractivity contribution is 6.30. The average Bonchev–Trinajstić information content (AvgIpc) is 2.85. The molecule has 3 aromatic rings. The first kappa shape index (κ1) is 19.1. The number of fused-ring (bicyclic) bond motifs is 1. The topological polar surface area (TPSA) is 83.0 Å². The molecule has 1 aliphatic rings. The predicted octanol–water partition coefficient (Wildman–Crippen LogP) is 4.68. The molecule has 1 aliphatic heterocycles. The molecule has 0 saturated carbocycles. The van der Waals surface area contributed by atoms with E-state index >= 15 is 0 Å². The Bertz CT molecular complexity index is 1030. The Morgan fingerprint density at radius 3 is 2.86 bits per heavy atom. The van der Waals surface area contributed by atoms with Crippen LogP contribution in [0.2, 0.25) is 5.02 Å². The summed E-state index contributed by atoms with van der Waals surface area (Å²) in [5.74, 6) is 1.18. The summed E-state index contributed by atoms with van der Waals surface area (Å²) in [5.41, 5.74) is 2.44. The van der Waals surface area contributed by atoms with Crippen LogP contribution in [0.3, 0.4) is 0 Å². The fraction of sp³-hybridized carbons (Fsp3) is 0.238. The Morgan fingerprint density at radius 1 is 1.24 bits per heavy atom. The van der Waals surface area contributed by atoms with Gasteiger partial charge in [0.05, 0.1) is 17.6 Å². The molecule has 0 saturated heterocycles. The van der Waals surface area contributed by atoms with Crippen molar-refractivity contribution in [2.24, 2.45) is 5.92 Å². The van der Waals surface area contributed by atoms with Gasteiger partial charge in [0.1, 0.15) is 0 Å². The average molecular weight is 409 g/mol. The molecule has 7 nitrogen and oxygen atoms in total. The number of pyridine rings is 1. The van der Waals surface area contributed by atoms with Gasteiger partial charge in [-0.2, -0.15) is 0 Å². The number of anilines is 3. The SMILES string of the molecule is C[C@@H]1CNc2ccc(-c3cccc(Cl)c3)nc2N(C(=O)Nc2cnccn2)[C@@H]1C. The van der Waals surface area contributed by atoms with Crippen molar-refractivity contribution < 1.29 is 4.79 Å². The van der Waals surface area contributed by atoms with E-state index in [9.17, 15) is 4.79 Å². The van der Waals surface area contributed by atoms with Gasteiger partial charge in [-0.3, -0.25) is 15.2 Å². The molecule has 8 heteroatoms. The van der Waals surface area contributed by atoms with Crippen LogP contribution in [-0.4, -0.2) is 33.6 Å². The Kier molecular flexibility index (Phi) is 5.31. The van der Waals surface area contributed by atoms with Crippen molar-refractivity contribution in [1.29, 1.82) is 0 Å². The van der Waals surface area contributed by atoms with Crippen LogP contribution in [0, 0.1) is 5.92 Å². The maximum atomic E-state index is 13.2. The van der Waals surface area contributed by atoms with Crippen LogP contribution in [0.4, 0.5) is 22.1 Å². The lowest BCUT2D eigenvalue weighted by Gasteiger charge is -2.30. The van der Waals surface area contributed by atoms with Crippen LogP contribution in [0.1, 0.15) is 13.8 Å². The number of halogens is 1. The van der Waals surface area contributed by atoms with E-state index in [-0.39, 0.29) is 18.0 Å². The lowest BCUT2D eigenvalue weighted by molar-refractivity contribution is 0.253. The van der Waals surface area contributed by atoms with E-state index in [2.05, 4.69) is 27.5 Å². The molecule has 148 valence electrons. The molecule has 2 atom stereocenters. The zero-order valence-corrected chi connectivity index (χ0v) is 16.9. The number of amides is 2. The number of hydrogen-bond donors (Lipinski definition) is 2. The first-order valence-electron chi connectivity index (χ1n) is 9.40. The quantitative estimate of drug-likeness (QED) is 0.643. The van der Waals surface area contributed by atoms with E-state index < -0.39 is 0 Å². The van der Waals surface area contributed by atoms with Crippen LogP contribution in [-0.2, 0) is 0 Å². The highest BCUT2D eigenvalue weighted by Gasteiger charge is 2.32. The fourth-order valence-electron chi connectivity index (χ4n) is 3.28. The lowest BCUT2D eigenvalue weighted by atomic mass is 10.0. The number of carbonyl (C=O) groups is 1. The summed E-state index contributed by atoms with van der Waals surface area (Å²) in [6.07, 6.45) is 4.61. The van der Waals surface area contributed by atoms with Gasteiger partial charge in [-0.25, -0.2) is 14.8 Å². The third-order valence-corrected chi connectivity index (χ3v) is 5.32. The molecule has 0 fully saturated rings. The standard InChI is InChI=1S/C21H21ClN6O/c1-13-11-25-18-7-6-17(15-4-3-5-16(22)10-15)26-20(18)28(14(13)2)21(29)27-19-12-23-8-9-24-19/h3-10,12-14,25H,11H2,1-2H3,(H,24,27,29)/t13-,14-/m1/s1. The minimum absolute atomic E-state index is 0.0810. The monoisotopic (exact) mass is 408 g/mol. The Hall–Kier alpha value is -3.19. The Balaban J connectivity index is 1.75. The smallest absolute Gasteiger partial charge is 0.329 e. The van der Waals surface area contributed by atoms with Gasteiger partial charge < -0.3 is 5.32 Å².